The zero-order valence-corrected chi connectivity index (χ0v) is 10.8. The first-order chi connectivity index (χ1) is 9.06. The summed E-state index contributed by atoms with van der Waals surface area (Å²) in [7, 11) is 0. The zero-order valence-electron chi connectivity index (χ0n) is 10.8. The molecule has 0 radical (unpaired) electrons. The molecule has 1 saturated carbocycles. The molecule has 5 atom stereocenters. The number of carboxylic acid groups (broad SMARTS) is 1. The van der Waals surface area contributed by atoms with Crippen molar-refractivity contribution in [2.75, 3.05) is 0 Å². The molecule has 0 aromatic carbocycles. The monoisotopic (exact) mass is 263 g/mol. The van der Waals surface area contributed by atoms with Crippen molar-refractivity contribution in [3.05, 3.63) is 12.2 Å². The fourth-order valence-electron chi connectivity index (χ4n) is 3.87. The molecule has 1 saturated heterocycles. The van der Waals surface area contributed by atoms with Crippen molar-refractivity contribution >= 4 is 17.8 Å². The van der Waals surface area contributed by atoms with Gasteiger partial charge in [0, 0.05) is 0 Å². The predicted octanol–water partition coefficient (Wildman–Crippen LogP) is 1.05. The van der Waals surface area contributed by atoms with Gasteiger partial charge in [-0.15, -0.1) is 0 Å². The lowest BCUT2D eigenvalue weighted by atomic mass is 9.85. The van der Waals surface area contributed by atoms with E-state index in [9.17, 15) is 19.5 Å². The molecule has 19 heavy (non-hydrogen) atoms. The summed E-state index contributed by atoms with van der Waals surface area (Å²) in [4.78, 5) is 37.2. The van der Waals surface area contributed by atoms with Gasteiger partial charge in [-0.05, 0) is 24.7 Å². The molecule has 0 aromatic heterocycles. The SMILES string of the molecule is CCC[C@@H](C(=O)O)N1C(=O)[C@@H]2[C@H](C1=O)[C@H]1C=C[C@H]2C1. The second-order valence-corrected chi connectivity index (χ2v) is 5.69. The lowest BCUT2D eigenvalue weighted by Crippen LogP contribution is -2.46. The Balaban J connectivity index is 1.91. The van der Waals surface area contributed by atoms with Crippen LogP contribution in [0.4, 0.5) is 0 Å². The molecule has 1 heterocycles. The fraction of sp³-hybridized carbons (Fsp3) is 0.643. The number of hydrogen-bond acceptors (Lipinski definition) is 3. The van der Waals surface area contributed by atoms with E-state index in [4.69, 9.17) is 0 Å². The lowest BCUT2D eigenvalue weighted by Gasteiger charge is -2.24. The number of imide groups is 1. The van der Waals surface area contributed by atoms with Crippen LogP contribution < -0.4 is 0 Å². The fourth-order valence-corrected chi connectivity index (χ4v) is 3.87. The maximum absolute atomic E-state index is 12.4. The molecule has 2 fully saturated rings. The van der Waals surface area contributed by atoms with Crippen molar-refractivity contribution in [1.29, 1.82) is 0 Å². The van der Waals surface area contributed by atoms with Crippen molar-refractivity contribution in [2.24, 2.45) is 23.7 Å². The molecule has 1 N–H and O–H groups in total. The molecule has 0 aromatic rings. The van der Waals surface area contributed by atoms with Crippen molar-refractivity contribution in [2.45, 2.75) is 32.2 Å². The Morgan fingerprint density at radius 1 is 1.32 bits per heavy atom. The average molecular weight is 263 g/mol. The Labute approximate surface area is 111 Å². The van der Waals surface area contributed by atoms with Gasteiger partial charge in [-0.25, -0.2) is 4.79 Å². The van der Waals surface area contributed by atoms with Crippen LogP contribution in [0.25, 0.3) is 0 Å². The van der Waals surface area contributed by atoms with Gasteiger partial charge in [0.25, 0.3) is 0 Å². The molecule has 0 spiro atoms. The lowest BCUT2D eigenvalue weighted by molar-refractivity contribution is -0.155. The second-order valence-electron chi connectivity index (χ2n) is 5.69. The summed E-state index contributed by atoms with van der Waals surface area (Å²) in [5.41, 5.74) is 0. The summed E-state index contributed by atoms with van der Waals surface area (Å²) < 4.78 is 0. The quantitative estimate of drug-likeness (QED) is 0.607. The molecular formula is C14H17NO4. The van der Waals surface area contributed by atoms with Gasteiger partial charge in [-0.3, -0.25) is 14.5 Å². The van der Waals surface area contributed by atoms with E-state index in [1.54, 1.807) is 0 Å². The first kappa shape index (κ1) is 12.4. The van der Waals surface area contributed by atoms with Gasteiger partial charge in [0.1, 0.15) is 6.04 Å². The Morgan fingerprint density at radius 2 is 1.84 bits per heavy atom. The molecule has 2 amide bonds. The minimum absolute atomic E-state index is 0.132. The van der Waals surface area contributed by atoms with E-state index in [-0.39, 0.29) is 35.5 Å². The third-order valence-corrected chi connectivity index (χ3v) is 4.66. The van der Waals surface area contributed by atoms with Crippen LogP contribution in [0.2, 0.25) is 0 Å². The van der Waals surface area contributed by atoms with E-state index >= 15 is 0 Å². The largest absolute Gasteiger partial charge is 0.480 e. The normalized spacial score (nSPS) is 37.0. The van der Waals surface area contributed by atoms with E-state index in [1.807, 2.05) is 19.1 Å². The van der Waals surface area contributed by atoms with Crippen molar-refractivity contribution < 1.29 is 19.5 Å². The smallest absolute Gasteiger partial charge is 0.326 e. The third kappa shape index (κ3) is 1.57. The van der Waals surface area contributed by atoms with E-state index < -0.39 is 12.0 Å². The molecule has 5 heteroatoms. The Hall–Kier alpha value is -1.65. The summed E-state index contributed by atoms with van der Waals surface area (Å²) in [6.45, 7) is 1.85. The van der Waals surface area contributed by atoms with Crippen molar-refractivity contribution in [3.63, 3.8) is 0 Å². The summed E-state index contributed by atoms with van der Waals surface area (Å²) in [5.74, 6) is -1.97. The highest BCUT2D eigenvalue weighted by Gasteiger charge is 2.60. The molecule has 102 valence electrons. The average Bonchev–Trinajstić information content (AvgIpc) is 3.02. The predicted molar refractivity (Wildman–Crippen MR) is 65.9 cm³/mol. The van der Waals surface area contributed by atoms with Gasteiger partial charge in [-0.1, -0.05) is 25.5 Å². The van der Waals surface area contributed by atoms with Gasteiger partial charge < -0.3 is 5.11 Å². The number of carbonyl (C=O) groups excluding carboxylic acids is 2. The van der Waals surface area contributed by atoms with E-state index in [1.165, 1.54) is 0 Å². The molecule has 3 aliphatic rings. The second kappa shape index (κ2) is 4.18. The van der Waals surface area contributed by atoms with Gasteiger partial charge in [0.05, 0.1) is 11.8 Å². The number of carboxylic acids is 1. The molecule has 3 rings (SSSR count). The highest BCUT2D eigenvalue weighted by atomic mass is 16.4. The summed E-state index contributed by atoms with van der Waals surface area (Å²) in [6.07, 6.45) is 5.85. The molecule has 2 aliphatic carbocycles. The van der Waals surface area contributed by atoms with E-state index in [0.717, 1.165) is 11.3 Å². The molecule has 2 bridgehead atoms. The Morgan fingerprint density at radius 3 is 2.26 bits per heavy atom. The maximum Gasteiger partial charge on any atom is 0.326 e. The minimum atomic E-state index is -1.08. The highest BCUT2D eigenvalue weighted by molar-refractivity contribution is 6.08. The number of likely N-dealkylation sites (tertiary alicyclic amines) is 1. The molecule has 0 unspecified atom stereocenters. The molecule has 5 nitrogen and oxygen atoms in total. The van der Waals surface area contributed by atoms with Crippen LogP contribution in [0, 0.1) is 23.7 Å². The number of rotatable bonds is 4. The van der Waals surface area contributed by atoms with Crippen molar-refractivity contribution in [1.82, 2.24) is 4.90 Å². The van der Waals surface area contributed by atoms with Gasteiger partial charge in [0.15, 0.2) is 0 Å². The number of fused-ring (bicyclic) bond motifs is 5. The highest BCUT2D eigenvalue weighted by Crippen LogP contribution is 2.52. The van der Waals surface area contributed by atoms with Crippen LogP contribution in [0.3, 0.4) is 0 Å². The van der Waals surface area contributed by atoms with Crippen LogP contribution in [-0.2, 0) is 14.4 Å². The zero-order chi connectivity index (χ0) is 13.7. The molecule has 1 aliphatic heterocycles. The Kier molecular flexibility index (Phi) is 2.73. The number of amides is 2. The number of nitrogens with zero attached hydrogens (tertiary/aromatic N) is 1. The van der Waals surface area contributed by atoms with Crippen LogP contribution in [0.5, 0.6) is 0 Å². The van der Waals surface area contributed by atoms with Crippen molar-refractivity contribution in [3.8, 4) is 0 Å². The number of aliphatic carboxylic acids is 1. The van der Waals surface area contributed by atoms with Crippen LogP contribution in [0.1, 0.15) is 26.2 Å². The van der Waals surface area contributed by atoms with Crippen LogP contribution in [-0.4, -0.2) is 33.8 Å². The Bertz CT molecular complexity index is 454. The van der Waals surface area contributed by atoms with Gasteiger partial charge in [0.2, 0.25) is 11.8 Å². The maximum atomic E-state index is 12.4. The van der Waals surface area contributed by atoms with E-state index in [2.05, 4.69) is 0 Å². The van der Waals surface area contributed by atoms with Crippen LogP contribution >= 0.6 is 0 Å². The van der Waals surface area contributed by atoms with Gasteiger partial charge >= 0.3 is 5.97 Å². The summed E-state index contributed by atoms with van der Waals surface area (Å²) in [5, 5.41) is 9.25. The first-order valence-electron chi connectivity index (χ1n) is 6.84. The van der Waals surface area contributed by atoms with Crippen LogP contribution in [0.15, 0.2) is 12.2 Å². The topological polar surface area (TPSA) is 74.7 Å². The first-order valence-corrected chi connectivity index (χ1v) is 6.84. The number of carbonyl (C=O) groups is 3. The molecular weight excluding hydrogens is 246 g/mol. The number of allylic oxidation sites excluding steroid dienone is 2. The summed E-state index contributed by atoms with van der Waals surface area (Å²) >= 11 is 0. The third-order valence-electron chi connectivity index (χ3n) is 4.66. The van der Waals surface area contributed by atoms with Gasteiger partial charge in [-0.2, -0.15) is 0 Å². The summed E-state index contributed by atoms with van der Waals surface area (Å²) in [6, 6.07) is -0.991. The number of hydrogen-bond donors (Lipinski definition) is 1. The standard InChI is InChI=1S/C14H17NO4/c1-2-3-9(14(18)19)15-12(16)10-7-4-5-8(6-7)11(10)13(15)17/h4-5,7-11H,2-3,6H2,1H3,(H,18,19)/t7-,8-,9-,10-,11+/m0/s1. The minimum Gasteiger partial charge on any atom is -0.480 e. The van der Waals surface area contributed by atoms with E-state index in [0.29, 0.717) is 12.8 Å².